The molecule has 1 aliphatic rings. The molecular weight excluding hydrogens is 372 g/mol. The first-order valence-electron chi connectivity index (χ1n) is 8.88. The van der Waals surface area contributed by atoms with E-state index in [1.807, 2.05) is 36.4 Å². The van der Waals surface area contributed by atoms with Crippen molar-refractivity contribution < 1.29 is 14.9 Å². The topological polar surface area (TPSA) is 137 Å². The highest BCUT2D eigenvalue weighted by Gasteiger charge is 2.32. The van der Waals surface area contributed by atoms with Crippen molar-refractivity contribution in [3.8, 4) is 5.75 Å². The Morgan fingerprint density at radius 3 is 2.55 bits per heavy atom. The van der Waals surface area contributed by atoms with Crippen molar-refractivity contribution in [1.82, 2.24) is 0 Å². The number of rotatable bonds is 4. The summed E-state index contributed by atoms with van der Waals surface area (Å²) in [5, 5.41) is 25.2. The Kier molecular flexibility index (Phi) is 4.52. The summed E-state index contributed by atoms with van der Waals surface area (Å²) in [7, 11) is 0. The highest BCUT2D eigenvalue weighted by atomic mass is 16.6. The van der Waals surface area contributed by atoms with E-state index in [2.05, 4.69) is 5.16 Å². The Balaban J connectivity index is 1.96. The minimum absolute atomic E-state index is 0.00566. The van der Waals surface area contributed by atoms with Crippen LogP contribution in [0.25, 0.3) is 10.8 Å². The average molecular weight is 390 g/mol. The number of non-ortho nitro benzene ring substituents is 1. The van der Waals surface area contributed by atoms with E-state index in [0.29, 0.717) is 11.3 Å². The first-order chi connectivity index (χ1) is 14.0. The second-order valence-corrected chi connectivity index (χ2v) is 6.74. The van der Waals surface area contributed by atoms with E-state index in [9.17, 15) is 10.1 Å². The molecule has 0 fully saturated rings. The Hall–Kier alpha value is -4.07. The van der Waals surface area contributed by atoms with Crippen LogP contribution in [0.5, 0.6) is 5.75 Å². The molecule has 29 heavy (non-hydrogen) atoms. The molecule has 0 aromatic heterocycles. The molecule has 1 unspecified atom stereocenters. The molecule has 0 spiro atoms. The Morgan fingerprint density at radius 1 is 1.14 bits per heavy atom. The van der Waals surface area contributed by atoms with Crippen molar-refractivity contribution in [2.75, 3.05) is 0 Å². The van der Waals surface area contributed by atoms with Crippen molar-refractivity contribution in [3.05, 3.63) is 93.4 Å². The van der Waals surface area contributed by atoms with E-state index in [1.165, 1.54) is 12.1 Å². The number of nitrogens with two attached hydrogens (primary N) is 2. The van der Waals surface area contributed by atoms with Gasteiger partial charge in [-0.25, -0.2) is 0 Å². The first-order valence-corrected chi connectivity index (χ1v) is 8.88. The summed E-state index contributed by atoms with van der Waals surface area (Å²) in [6.07, 6.45) is 0.0899. The van der Waals surface area contributed by atoms with Crippen molar-refractivity contribution in [3.63, 3.8) is 0 Å². The largest absolute Gasteiger partial charge is 0.441 e. The highest BCUT2D eigenvalue weighted by molar-refractivity contribution is 5.91. The molecule has 1 heterocycles. The van der Waals surface area contributed by atoms with Gasteiger partial charge in [0.15, 0.2) is 5.88 Å². The fraction of sp³-hybridized carbons (Fsp3) is 0.0952. The Morgan fingerprint density at radius 2 is 1.86 bits per heavy atom. The summed E-state index contributed by atoms with van der Waals surface area (Å²) >= 11 is 0. The first kappa shape index (κ1) is 18.3. The maximum Gasteiger partial charge on any atom is 0.269 e. The van der Waals surface area contributed by atoms with Crippen LogP contribution < -0.4 is 16.2 Å². The molecule has 3 aromatic rings. The van der Waals surface area contributed by atoms with Gasteiger partial charge in [0.2, 0.25) is 0 Å². The molecule has 1 aliphatic heterocycles. The second-order valence-electron chi connectivity index (χ2n) is 6.74. The lowest BCUT2D eigenvalue weighted by Crippen LogP contribution is -2.25. The smallest absolute Gasteiger partial charge is 0.269 e. The van der Waals surface area contributed by atoms with Crippen LogP contribution >= 0.6 is 0 Å². The van der Waals surface area contributed by atoms with Gasteiger partial charge in [0.1, 0.15) is 11.6 Å². The van der Waals surface area contributed by atoms with E-state index in [0.717, 1.165) is 21.9 Å². The van der Waals surface area contributed by atoms with Crippen LogP contribution in [0, 0.1) is 10.1 Å². The van der Waals surface area contributed by atoms with Gasteiger partial charge in [-0.15, -0.1) is 0 Å². The van der Waals surface area contributed by atoms with Gasteiger partial charge in [-0.3, -0.25) is 10.1 Å². The van der Waals surface area contributed by atoms with Crippen LogP contribution in [0.2, 0.25) is 0 Å². The number of amidine groups is 1. The lowest BCUT2D eigenvalue weighted by atomic mass is 9.79. The van der Waals surface area contributed by atoms with Crippen LogP contribution in [-0.4, -0.2) is 16.0 Å². The lowest BCUT2D eigenvalue weighted by Gasteiger charge is -2.30. The van der Waals surface area contributed by atoms with Gasteiger partial charge in [-0.2, -0.15) is 0 Å². The third kappa shape index (κ3) is 3.20. The average Bonchev–Trinajstić information content (AvgIpc) is 2.74. The SMILES string of the molecule is NC1=C(C/C(N)=N\O)C(c2ccc([N+](=O)[O-])cc2)c2c(ccc3ccccc23)O1. The number of nitro groups is 1. The van der Waals surface area contributed by atoms with Gasteiger partial charge in [0.25, 0.3) is 5.69 Å². The van der Waals surface area contributed by atoms with Crippen LogP contribution in [0.1, 0.15) is 23.5 Å². The summed E-state index contributed by atoms with van der Waals surface area (Å²) in [5.74, 6) is 0.392. The summed E-state index contributed by atoms with van der Waals surface area (Å²) < 4.78 is 5.87. The molecule has 5 N–H and O–H groups in total. The number of oxime groups is 1. The Labute approximate surface area is 165 Å². The van der Waals surface area contributed by atoms with Crippen molar-refractivity contribution in [1.29, 1.82) is 0 Å². The number of nitrogens with zero attached hydrogens (tertiary/aromatic N) is 2. The van der Waals surface area contributed by atoms with E-state index in [4.69, 9.17) is 21.4 Å². The predicted octanol–water partition coefficient (Wildman–Crippen LogP) is 3.58. The molecule has 8 nitrogen and oxygen atoms in total. The minimum atomic E-state index is -0.446. The summed E-state index contributed by atoms with van der Waals surface area (Å²) in [6, 6.07) is 17.9. The van der Waals surface area contributed by atoms with Crippen LogP contribution in [0.15, 0.2) is 77.3 Å². The van der Waals surface area contributed by atoms with E-state index >= 15 is 0 Å². The van der Waals surface area contributed by atoms with Crippen LogP contribution in [0.4, 0.5) is 5.69 Å². The quantitative estimate of drug-likeness (QED) is 0.205. The summed E-state index contributed by atoms with van der Waals surface area (Å²) in [5.41, 5.74) is 14.3. The third-order valence-corrected chi connectivity index (χ3v) is 5.04. The zero-order chi connectivity index (χ0) is 20.5. The molecule has 0 amide bonds. The van der Waals surface area contributed by atoms with Gasteiger partial charge >= 0.3 is 0 Å². The maximum absolute atomic E-state index is 11.1. The number of benzene rings is 3. The molecule has 0 saturated carbocycles. The fourth-order valence-corrected chi connectivity index (χ4v) is 3.74. The molecule has 146 valence electrons. The zero-order valence-electron chi connectivity index (χ0n) is 15.3. The zero-order valence-corrected chi connectivity index (χ0v) is 15.3. The molecule has 0 aliphatic carbocycles. The summed E-state index contributed by atoms with van der Waals surface area (Å²) in [6.45, 7) is 0. The fourth-order valence-electron chi connectivity index (χ4n) is 3.74. The van der Waals surface area contributed by atoms with Gasteiger partial charge in [-0.1, -0.05) is 47.6 Å². The van der Waals surface area contributed by atoms with Crippen LogP contribution in [-0.2, 0) is 0 Å². The predicted molar refractivity (Wildman–Crippen MR) is 109 cm³/mol. The number of ether oxygens (including phenoxy) is 1. The minimum Gasteiger partial charge on any atom is -0.441 e. The molecule has 1 atom stereocenters. The molecule has 0 saturated heterocycles. The molecule has 8 heteroatoms. The van der Waals surface area contributed by atoms with E-state index in [1.54, 1.807) is 12.1 Å². The van der Waals surface area contributed by atoms with Gasteiger partial charge in [-0.05, 0) is 22.4 Å². The van der Waals surface area contributed by atoms with E-state index < -0.39 is 4.92 Å². The van der Waals surface area contributed by atoms with Crippen LogP contribution in [0.3, 0.4) is 0 Å². The maximum atomic E-state index is 11.1. The third-order valence-electron chi connectivity index (χ3n) is 5.04. The number of hydrogen-bond donors (Lipinski definition) is 3. The van der Waals surface area contributed by atoms with Crippen molar-refractivity contribution in [2.45, 2.75) is 12.3 Å². The molecule has 0 radical (unpaired) electrons. The number of fused-ring (bicyclic) bond motifs is 3. The molecule has 4 rings (SSSR count). The monoisotopic (exact) mass is 390 g/mol. The lowest BCUT2D eigenvalue weighted by molar-refractivity contribution is -0.384. The van der Waals surface area contributed by atoms with Crippen molar-refractivity contribution in [2.24, 2.45) is 16.6 Å². The molecule has 0 bridgehead atoms. The molecular formula is C21H18N4O4. The number of hydrogen-bond acceptors (Lipinski definition) is 6. The number of nitro benzene ring substituents is 1. The Bertz CT molecular complexity index is 1170. The normalized spacial score (nSPS) is 16.4. The highest BCUT2D eigenvalue weighted by Crippen LogP contribution is 2.46. The van der Waals surface area contributed by atoms with Gasteiger partial charge in [0, 0.05) is 35.6 Å². The van der Waals surface area contributed by atoms with Gasteiger partial charge in [0.05, 0.1) is 4.92 Å². The van der Waals surface area contributed by atoms with Crippen molar-refractivity contribution >= 4 is 22.3 Å². The molecule has 3 aromatic carbocycles. The van der Waals surface area contributed by atoms with E-state index in [-0.39, 0.29) is 29.7 Å². The second kappa shape index (κ2) is 7.16. The summed E-state index contributed by atoms with van der Waals surface area (Å²) in [4.78, 5) is 10.6. The van der Waals surface area contributed by atoms with Gasteiger partial charge < -0.3 is 21.4 Å². The standard InChI is InChI=1S/C21H18N4O4/c22-18(24-26)11-16-19(13-5-8-14(9-6-13)25(27)28)20-15-4-2-1-3-12(15)7-10-17(20)29-21(16)23/h1-10,19,26H,11,23H2,(H2,22,24).